The van der Waals surface area contributed by atoms with E-state index in [-0.39, 0.29) is 17.3 Å². The zero-order valence-electron chi connectivity index (χ0n) is 9.13. The van der Waals surface area contributed by atoms with Crippen LogP contribution in [0.3, 0.4) is 0 Å². The molecule has 0 fully saturated rings. The number of nitrogens with two attached hydrogens (primary N) is 1. The van der Waals surface area contributed by atoms with Crippen molar-refractivity contribution in [3.8, 4) is 0 Å². The average molecular weight is 236 g/mol. The second-order valence-corrected chi connectivity index (χ2v) is 3.83. The molecular weight excluding hydrogens is 226 g/mol. The summed E-state index contributed by atoms with van der Waals surface area (Å²) in [5.41, 5.74) is 5.84. The summed E-state index contributed by atoms with van der Waals surface area (Å²) in [6, 6.07) is 3.61. The maximum absolute atomic E-state index is 13.5. The molecule has 88 valence electrons. The molecule has 2 aromatic rings. The highest BCUT2D eigenvalue weighted by Crippen LogP contribution is 2.23. The highest BCUT2D eigenvalue weighted by atomic mass is 19.1. The summed E-state index contributed by atoms with van der Waals surface area (Å²) in [7, 11) is 0. The molecule has 0 aliphatic heterocycles. The number of benzene rings is 1. The van der Waals surface area contributed by atoms with Crippen LogP contribution in [0.15, 0.2) is 18.2 Å². The maximum Gasteiger partial charge on any atom is 0.223 e. The van der Waals surface area contributed by atoms with Crippen LogP contribution in [0.4, 0.5) is 8.78 Å². The quantitative estimate of drug-likeness (QED) is 0.865. The van der Waals surface area contributed by atoms with Gasteiger partial charge in [0.2, 0.25) is 5.91 Å². The normalized spacial score (nSPS) is 10.8. The molecule has 0 unspecified atom stereocenters. The Hall–Kier alpha value is -2.04. The summed E-state index contributed by atoms with van der Waals surface area (Å²) in [5.74, 6) is -1.71. The molecular formula is C12H10F2N2O. The summed E-state index contributed by atoms with van der Waals surface area (Å²) >= 11 is 0. The molecule has 0 aliphatic rings. The lowest BCUT2D eigenvalue weighted by Crippen LogP contribution is -2.15. The highest BCUT2D eigenvalue weighted by Gasteiger charge is 2.12. The highest BCUT2D eigenvalue weighted by molar-refractivity contribution is 5.84. The molecule has 1 aromatic heterocycles. The van der Waals surface area contributed by atoms with Crippen molar-refractivity contribution in [1.82, 2.24) is 4.98 Å². The molecule has 2 N–H and O–H groups in total. The molecule has 0 spiro atoms. The second-order valence-electron chi connectivity index (χ2n) is 3.83. The van der Waals surface area contributed by atoms with Gasteiger partial charge < -0.3 is 5.73 Å². The van der Waals surface area contributed by atoms with E-state index in [1.165, 1.54) is 6.07 Å². The van der Waals surface area contributed by atoms with Crippen molar-refractivity contribution in [2.24, 2.45) is 5.73 Å². The number of fused-ring (bicyclic) bond motifs is 1. The zero-order chi connectivity index (χ0) is 12.6. The van der Waals surface area contributed by atoms with E-state index in [9.17, 15) is 13.6 Å². The number of nitrogens with zero attached hydrogens (tertiary/aromatic N) is 1. The number of aryl methyl sites for hydroxylation is 1. The van der Waals surface area contributed by atoms with E-state index in [2.05, 4.69) is 4.98 Å². The summed E-state index contributed by atoms with van der Waals surface area (Å²) in [6.45, 7) is 1.64. The van der Waals surface area contributed by atoms with Gasteiger partial charge in [0, 0.05) is 5.39 Å². The topological polar surface area (TPSA) is 56.0 Å². The standard InChI is InChI=1S/C12H10F2N2O/c1-6-4-7(5-10(15)17)16-12-9(14)3-2-8(13)11(6)12/h2-4H,5H2,1H3,(H2,15,17). The lowest BCUT2D eigenvalue weighted by atomic mass is 10.1. The number of pyridine rings is 1. The molecule has 0 radical (unpaired) electrons. The van der Waals surface area contributed by atoms with Crippen molar-refractivity contribution < 1.29 is 13.6 Å². The number of amides is 1. The van der Waals surface area contributed by atoms with Gasteiger partial charge in [-0.05, 0) is 30.7 Å². The van der Waals surface area contributed by atoms with Crippen molar-refractivity contribution in [3.63, 3.8) is 0 Å². The summed E-state index contributed by atoms with van der Waals surface area (Å²) < 4.78 is 27.0. The number of halogens is 2. The third-order valence-corrected chi connectivity index (χ3v) is 2.47. The SMILES string of the molecule is Cc1cc(CC(N)=O)nc2c(F)ccc(F)c12. The van der Waals surface area contributed by atoms with Gasteiger partial charge in [-0.2, -0.15) is 0 Å². The van der Waals surface area contributed by atoms with Crippen molar-refractivity contribution in [2.45, 2.75) is 13.3 Å². The van der Waals surface area contributed by atoms with E-state index in [0.717, 1.165) is 12.1 Å². The van der Waals surface area contributed by atoms with Gasteiger partial charge in [-0.25, -0.2) is 13.8 Å². The van der Waals surface area contributed by atoms with Crippen molar-refractivity contribution >= 4 is 16.8 Å². The fourth-order valence-corrected chi connectivity index (χ4v) is 1.79. The van der Waals surface area contributed by atoms with Crippen LogP contribution in [0, 0.1) is 18.6 Å². The molecule has 0 bridgehead atoms. The van der Waals surface area contributed by atoms with Crippen LogP contribution >= 0.6 is 0 Å². The molecule has 0 aliphatic carbocycles. The van der Waals surface area contributed by atoms with E-state index in [1.807, 2.05) is 0 Å². The minimum Gasteiger partial charge on any atom is -0.369 e. The molecule has 17 heavy (non-hydrogen) atoms. The number of carbonyl (C=O) groups is 1. The molecule has 0 atom stereocenters. The van der Waals surface area contributed by atoms with E-state index in [0.29, 0.717) is 11.3 Å². The van der Waals surface area contributed by atoms with Crippen LogP contribution in [0.25, 0.3) is 10.9 Å². The summed E-state index contributed by atoms with van der Waals surface area (Å²) in [4.78, 5) is 14.7. The minimum atomic E-state index is -0.615. The number of aromatic nitrogens is 1. The van der Waals surface area contributed by atoms with Crippen molar-refractivity contribution in [1.29, 1.82) is 0 Å². The molecule has 1 aromatic carbocycles. The van der Waals surface area contributed by atoms with Crippen molar-refractivity contribution in [3.05, 3.63) is 41.1 Å². The van der Waals surface area contributed by atoms with Crippen LogP contribution in [-0.2, 0) is 11.2 Å². The average Bonchev–Trinajstić information content (AvgIpc) is 2.22. The van der Waals surface area contributed by atoms with Gasteiger partial charge in [0.15, 0.2) is 0 Å². The van der Waals surface area contributed by atoms with Crippen LogP contribution < -0.4 is 5.73 Å². The van der Waals surface area contributed by atoms with Gasteiger partial charge in [-0.3, -0.25) is 4.79 Å². The predicted molar refractivity (Wildman–Crippen MR) is 59.3 cm³/mol. The second kappa shape index (κ2) is 4.08. The Bertz CT molecular complexity index is 611. The van der Waals surface area contributed by atoms with E-state index in [1.54, 1.807) is 6.92 Å². The smallest absolute Gasteiger partial charge is 0.223 e. The molecule has 1 heterocycles. The number of primary amides is 1. The first-order valence-corrected chi connectivity index (χ1v) is 5.01. The van der Waals surface area contributed by atoms with Gasteiger partial charge in [0.1, 0.15) is 17.2 Å². The Morgan fingerprint density at radius 1 is 1.35 bits per heavy atom. The predicted octanol–water partition coefficient (Wildman–Crippen LogP) is 1.85. The number of rotatable bonds is 2. The monoisotopic (exact) mass is 236 g/mol. The van der Waals surface area contributed by atoms with Gasteiger partial charge in [0.05, 0.1) is 12.1 Å². The number of hydrogen-bond donors (Lipinski definition) is 1. The fraction of sp³-hybridized carbons (Fsp3) is 0.167. The lowest BCUT2D eigenvalue weighted by molar-refractivity contribution is -0.117. The van der Waals surface area contributed by atoms with Gasteiger partial charge in [-0.15, -0.1) is 0 Å². The van der Waals surface area contributed by atoms with E-state index >= 15 is 0 Å². The van der Waals surface area contributed by atoms with E-state index in [4.69, 9.17) is 5.73 Å². The molecule has 0 saturated heterocycles. The third-order valence-electron chi connectivity index (χ3n) is 2.47. The Labute approximate surface area is 96.3 Å². The van der Waals surface area contributed by atoms with Gasteiger partial charge in [0.25, 0.3) is 0 Å². The van der Waals surface area contributed by atoms with Crippen LogP contribution in [0.1, 0.15) is 11.3 Å². The van der Waals surface area contributed by atoms with Gasteiger partial charge >= 0.3 is 0 Å². The lowest BCUT2D eigenvalue weighted by Gasteiger charge is -2.07. The largest absolute Gasteiger partial charge is 0.369 e. The maximum atomic E-state index is 13.5. The first kappa shape index (κ1) is 11.4. The Morgan fingerprint density at radius 2 is 2.00 bits per heavy atom. The fourth-order valence-electron chi connectivity index (χ4n) is 1.79. The Balaban J connectivity index is 2.72. The minimum absolute atomic E-state index is 0.0683. The molecule has 2 rings (SSSR count). The van der Waals surface area contributed by atoms with Crippen LogP contribution in [0.2, 0.25) is 0 Å². The van der Waals surface area contributed by atoms with Crippen LogP contribution in [-0.4, -0.2) is 10.9 Å². The summed E-state index contributed by atoms with van der Waals surface area (Å²) in [6.07, 6.45) is -0.0905. The van der Waals surface area contributed by atoms with Crippen molar-refractivity contribution in [2.75, 3.05) is 0 Å². The van der Waals surface area contributed by atoms with E-state index < -0.39 is 17.5 Å². The summed E-state index contributed by atoms with van der Waals surface area (Å²) in [5, 5.41) is 0.137. The zero-order valence-corrected chi connectivity index (χ0v) is 9.13. The first-order chi connectivity index (χ1) is 7.99. The third kappa shape index (κ3) is 2.08. The van der Waals surface area contributed by atoms with Gasteiger partial charge in [-0.1, -0.05) is 0 Å². The number of carbonyl (C=O) groups excluding carboxylic acids is 1. The molecule has 3 nitrogen and oxygen atoms in total. The Kier molecular flexibility index (Phi) is 2.75. The number of hydrogen-bond acceptors (Lipinski definition) is 2. The first-order valence-electron chi connectivity index (χ1n) is 5.01. The van der Waals surface area contributed by atoms with Crippen LogP contribution in [0.5, 0.6) is 0 Å². The Morgan fingerprint density at radius 3 is 2.65 bits per heavy atom. The molecule has 1 amide bonds. The molecule has 0 saturated carbocycles. The molecule has 5 heteroatoms.